The van der Waals surface area contributed by atoms with Gasteiger partial charge < -0.3 is 20.7 Å². The molecular formula is C18H24F2N4O2. The van der Waals surface area contributed by atoms with Crippen LogP contribution in [0, 0.1) is 17.6 Å². The molecular weight excluding hydrogens is 342 g/mol. The summed E-state index contributed by atoms with van der Waals surface area (Å²) in [6, 6.07) is 3.30. The fraction of sp³-hybridized carbons (Fsp3) is 0.611. The molecule has 1 aromatic carbocycles. The van der Waals surface area contributed by atoms with E-state index in [0.717, 1.165) is 37.8 Å². The summed E-state index contributed by atoms with van der Waals surface area (Å²) in [4.78, 5) is 16.0. The first kappa shape index (κ1) is 17.6. The van der Waals surface area contributed by atoms with E-state index < -0.39 is 23.8 Å². The number of rotatable bonds is 2. The third kappa shape index (κ3) is 2.95. The minimum absolute atomic E-state index is 0.0358. The Hall–Kier alpha value is -1.77. The van der Waals surface area contributed by atoms with Crippen molar-refractivity contribution in [3.05, 3.63) is 35.4 Å². The Labute approximate surface area is 151 Å². The zero-order valence-electron chi connectivity index (χ0n) is 14.7. The van der Waals surface area contributed by atoms with Gasteiger partial charge in [-0.3, -0.25) is 4.90 Å². The smallest absolute Gasteiger partial charge is 0.317 e. The number of carbonyl (C=O) groups is 1. The normalized spacial score (nSPS) is 34.3. The zero-order valence-corrected chi connectivity index (χ0v) is 14.7. The maximum Gasteiger partial charge on any atom is 0.317 e. The van der Waals surface area contributed by atoms with Gasteiger partial charge in [0.2, 0.25) is 0 Å². The third-order valence-corrected chi connectivity index (χ3v) is 5.92. The number of nitrogens with zero attached hydrogens (tertiary/aromatic N) is 2. The molecule has 3 aliphatic rings. The molecule has 0 bridgehead atoms. The van der Waals surface area contributed by atoms with Gasteiger partial charge in [-0.25, -0.2) is 13.6 Å². The number of nitrogens with one attached hydrogen (secondary N) is 1. The number of ether oxygens (including phenoxy) is 1. The molecule has 3 heterocycles. The second-order valence-electron chi connectivity index (χ2n) is 7.46. The Bertz CT molecular complexity index is 704. The third-order valence-electron chi connectivity index (χ3n) is 5.92. The maximum atomic E-state index is 14.0. The van der Waals surface area contributed by atoms with E-state index in [1.54, 1.807) is 7.05 Å². The lowest BCUT2D eigenvalue weighted by Gasteiger charge is -2.43. The predicted octanol–water partition coefficient (Wildman–Crippen LogP) is 1.08. The molecule has 3 fully saturated rings. The second kappa shape index (κ2) is 6.75. The predicted molar refractivity (Wildman–Crippen MR) is 91.4 cm³/mol. The van der Waals surface area contributed by atoms with Crippen LogP contribution in [0.15, 0.2) is 18.2 Å². The van der Waals surface area contributed by atoms with E-state index in [4.69, 9.17) is 10.5 Å². The van der Waals surface area contributed by atoms with E-state index in [0.29, 0.717) is 18.9 Å². The summed E-state index contributed by atoms with van der Waals surface area (Å²) < 4.78 is 33.4. The summed E-state index contributed by atoms with van der Waals surface area (Å²) in [6.45, 7) is 2.92. The molecule has 2 amide bonds. The number of fused-ring (bicyclic) bond motifs is 1. The fourth-order valence-corrected chi connectivity index (χ4v) is 4.50. The SMILES string of the molecule is CNC(=O)N1CC2CN([C@H]3CO[C@H](c4cc(F)ccc4F)[C@@H](N)C3)CC21. The van der Waals surface area contributed by atoms with Crippen LogP contribution in [0.1, 0.15) is 18.1 Å². The van der Waals surface area contributed by atoms with Crippen LogP contribution in [-0.4, -0.2) is 67.2 Å². The average molecular weight is 366 g/mol. The summed E-state index contributed by atoms with van der Waals surface area (Å²) in [6.07, 6.45) is 0.0173. The van der Waals surface area contributed by atoms with Gasteiger partial charge >= 0.3 is 6.03 Å². The molecule has 6 nitrogen and oxygen atoms in total. The van der Waals surface area contributed by atoms with Crippen molar-refractivity contribution in [2.24, 2.45) is 11.7 Å². The summed E-state index contributed by atoms with van der Waals surface area (Å²) in [5, 5.41) is 2.67. The lowest BCUT2D eigenvalue weighted by molar-refractivity contribution is -0.0475. The van der Waals surface area contributed by atoms with Crippen LogP contribution >= 0.6 is 0 Å². The minimum Gasteiger partial charge on any atom is -0.370 e. The Kier molecular flexibility index (Phi) is 4.58. The highest BCUT2D eigenvalue weighted by Crippen LogP contribution is 2.37. The van der Waals surface area contributed by atoms with Crippen LogP contribution in [0.25, 0.3) is 0 Å². The minimum atomic E-state index is -0.636. The van der Waals surface area contributed by atoms with Gasteiger partial charge in [-0.15, -0.1) is 0 Å². The van der Waals surface area contributed by atoms with Gasteiger partial charge in [-0.1, -0.05) is 0 Å². The molecule has 2 unspecified atom stereocenters. The summed E-state index contributed by atoms with van der Waals surface area (Å²) in [5.41, 5.74) is 6.44. The van der Waals surface area contributed by atoms with E-state index in [-0.39, 0.29) is 23.7 Å². The van der Waals surface area contributed by atoms with Crippen LogP contribution < -0.4 is 11.1 Å². The lowest BCUT2D eigenvalue weighted by Crippen LogP contribution is -2.60. The Balaban J connectivity index is 1.39. The van der Waals surface area contributed by atoms with Crippen molar-refractivity contribution in [3.63, 3.8) is 0 Å². The highest BCUT2D eigenvalue weighted by Gasteiger charge is 2.49. The van der Waals surface area contributed by atoms with Gasteiger partial charge in [0.05, 0.1) is 12.6 Å². The molecule has 3 N–H and O–H groups in total. The molecule has 0 radical (unpaired) electrons. The summed E-state index contributed by atoms with van der Waals surface area (Å²) >= 11 is 0. The molecule has 8 heteroatoms. The van der Waals surface area contributed by atoms with Gasteiger partial charge in [-0.05, 0) is 24.6 Å². The number of benzene rings is 1. The van der Waals surface area contributed by atoms with Crippen molar-refractivity contribution in [2.45, 2.75) is 30.7 Å². The van der Waals surface area contributed by atoms with Crippen LogP contribution in [-0.2, 0) is 4.74 Å². The lowest BCUT2D eigenvalue weighted by atomic mass is 9.92. The number of urea groups is 1. The zero-order chi connectivity index (χ0) is 18.4. The first-order valence-electron chi connectivity index (χ1n) is 9.02. The molecule has 3 saturated heterocycles. The van der Waals surface area contributed by atoms with Gasteiger partial charge in [0, 0.05) is 50.2 Å². The fourth-order valence-electron chi connectivity index (χ4n) is 4.50. The molecule has 142 valence electrons. The van der Waals surface area contributed by atoms with E-state index in [9.17, 15) is 13.6 Å². The number of carbonyl (C=O) groups excluding carboxylic acids is 1. The molecule has 4 rings (SSSR count). The quantitative estimate of drug-likeness (QED) is 0.822. The van der Waals surface area contributed by atoms with Crippen molar-refractivity contribution < 1.29 is 18.3 Å². The largest absolute Gasteiger partial charge is 0.370 e. The molecule has 26 heavy (non-hydrogen) atoms. The van der Waals surface area contributed by atoms with E-state index in [1.807, 2.05) is 4.90 Å². The van der Waals surface area contributed by atoms with E-state index in [2.05, 4.69) is 10.2 Å². The van der Waals surface area contributed by atoms with Gasteiger partial charge in [0.1, 0.15) is 17.7 Å². The highest BCUT2D eigenvalue weighted by atomic mass is 19.1. The van der Waals surface area contributed by atoms with Gasteiger partial charge in [-0.2, -0.15) is 0 Å². The Morgan fingerprint density at radius 2 is 2.12 bits per heavy atom. The van der Waals surface area contributed by atoms with Crippen molar-refractivity contribution in [1.82, 2.24) is 15.1 Å². The van der Waals surface area contributed by atoms with Gasteiger partial charge in [0.15, 0.2) is 0 Å². The molecule has 1 aromatic rings. The van der Waals surface area contributed by atoms with E-state index >= 15 is 0 Å². The number of hydrogen-bond acceptors (Lipinski definition) is 4. The van der Waals surface area contributed by atoms with Crippen LogP contribution in [0.4, 0.5) is 13.6 Å². The monoisotopic (exact) mass is 366 g/mol. The Morgan fingerprint density at radius 3 is 2.85 bits per heavy atom. The first-order valence-corrected chi connectivity index (χ1v) is 9.02. The molecule has 0 saturated carbocycles. The Morgan fingerprint density at radius 1 is 1.31 bits per heavy atom. The highest BCUT2D eigenvalue weighted by molar-refractivity contribution is 5.75. The maximum absolute atomic E-state index is 14.0. The number of nitrogens with two attached hydrogens (primary N) is 1. The van der Waals surface area contributed by atoms with Crippen molar-refractivity contribution in [3.8, 4) is 0 Å². The van der Waals surface area contributed by atoms with Crippen LogP contribution in [0.5, 0.6) is 0 Å². The van der Waals surface area contributed by atoms with Gasteiger partial charge in [0.25, 0.3) is 0 Å². The molecule has 5 atom stereocenters. The topological polar surface area (TPSA) is 70.8 Å². The van der Waals surface area contributed by atoms with Crippen molar-refractivity contribution in [1.29, 1.82) is 0 Å². The van der Waals surface area contributed by atoms with Crippen molar-refractivity contribution >= 4 is 6.03 Å². The number of amides is 2. The first-order chi connectivity index (χ1) is 12.5. The summed E-state index contributed by atoms with van der Waals surface area (Å²) in [7, 11) is 1.64. The average Bonchev–Trinajstić information content (AvgIpc) is 2.94. The number of likely N-dealkylation sites (tertiary alicyclic amines) is 2. The molecule has 0 aromatic heterocycles. The number of halogens is 2. The van der Waals surface area contributed by atoms with Crippen LogP contribution in [0.2, 0.25) is 0 Å². The van der Waals surface area contributed by atoms with Crippen molar-refractivity contribution in [2.75, 3.05) is 33.3 Å². The molecule has 0 spiro atoms. The molecule has 3 aliphatic heterocycles. The van der Waals surface area contributed by atoms with Crippen LogP contribution in [0.3, 0.4) is 0 Å². The second-order valence-corrected chi connectivity index (χ2v) is 7.46. The molecule has 0 aliphatic carbocycles. The number of hydrogen-bond donors (Lipinski definition) is 2. The summed E-state index contributed by atoms with van der Waals surface area (Å²) in [5.74, 6) is -0.502. The van der Waals surface area contributed by atoms with E-state index in [1.165, 1.54) is 0 Å². The standard InChI is InChI=1S/C18H24F2N4O2/c1-22-18(25)24-7-10-6-23(8-16(10)24)12-5-15(21)17(26-9-12)13-4-11(19)2-3-14(13)20/h2-4,10,12,15-17H,5-9,21H2,1H3,(H,22,25)/t10?,12-,15+,16?,17-/m1/s1.